The van der Waals surface area contributed by atoms with Crippen molar-refractivity contribution in [1.82, 2.24) is 5.32 Å². The Labute approximate surface area is 123 Å². The molecule has 2 rings (SSSR count). The highest BCUT2D eigenvalue weighted by atomic mass is 35.5. The van der Waals surface area contributed by atoms with Crippen LogP contribution in [0.15, 0.2) is 42.5 Å². The van der Waals surface area contributed by atoms with Crippen LogP contribution in [0.4, 0.5) is 4.39 Å². The second-order valence-electron chi connectivity index (χ2n) is 4.56. The molecule has 0 aromatic heterocycles. The van der Waals surface area contributed by atoms with E-state index in [2.05, 4.69) is 5.32 Å². The molecule has 0 radical (unpaired) electrons. The van der Waals surface area contributed by atoms with Crippen molar-refractivity contribution in [3.8, 4) is 5.75 Å². The molecule has 1 N–H and O–H groups in total. The second kappa shape index (κ2) is 6.73. The van der Waals surface area contributed by atoms with Crippen LogP contribution in [0.25, 0.3) is 0 Å². The average molecular weight is 294 g/mol. The summed E-state index contributed by atoms with van der Waals surface area (Å²) < 4.78 is 18.6. The molecule has 2 aromatic carbocycles. The van der Waals surface area contributed by atoms with E-state index >= 15 is 0 Å². The summed E-state index contributed by atoms with van der Waals surface area (Å²) in [5, 5.41) is 3.81. The van der Waals surface area contributed by atoms with E-state index in [1.807, 2.05) is 31.3 Å². The molecule has 0 amide bonds. The van der Waals surface area contributed by atoms with Crippen LogP contribution in [-0.2, 0) is 6.42 Å². The lowest BCUT2D eigenvalue weighted by atomic mass is 9.98. The van der Waals surface area contributed by atoms with E-state index in [0.29, 0.717) is 11.4 Å². The SMILES string of the molecule is CNC(Cc1cc(F)ccc1Cl)c1cccc(OC)c1. The molecule has 4 heteroatoms. The summed E-state index contributed by atoms with van der Waals surface area (Å²) in [5.41, 5.74) is 1.86. The van der Waals surface area contributed by atoms with E-state index in [1.165, 1.54) is 12.1 Å². The second-order valence-corrected chi connectivity index (χ2v) is 4.96. The highest BCUT2D eigenvalue weighted by Crippen LogP contribution is 2.26. The number of benzene rings is 2. The fourth-order valence-corrected chi connectivity index (χ4v) is 2.36. The molecule has 0 aliphatic rings. The van der Waals surface area contributed by atoms with Crippen molar-refractivity contribution >= 4 is 11.6 Å². The van der Waals surface area contributed by atoms with E-state index in [9.17, 15) is 4.39 Å². The number of rotatable bonds is 5. The molecular formula is C16H17ClFNO. The molecular weight excluding hydrogens is 277 g/mol. The molecule has 20 heavy (non-hydrogen) atoms. The third-order valence-electron chi connectivity index (χ3n) is 3.28. The maximum atomic E-state index is 13.3. The summed E-state index contributed by atoms with van der Waals surface area (Å²) in [7, 11) is 3.51. The molecule has 0 saturated heterocycles. The number of likely N-dealkylation sites (N-methyl/N-ethyl adjacent to an activating group) is 1. The summed E-state index contributed by atoms with van der Waals surface area (Å²) in [4.78, 5) is 0. The first-order valence-electron chi connectivity index (χ1n) is 6.39. The van der Waals surface area contributed by atoms with E-state index < -0.39 is 0 Å². The van der Waals surface area contributed by atoms with Gasteiger partial charge in [0.15, 0.2) is 0 Å². The van der Waals surface area contributed by atoms with E-state index in [-0.39, 0.29) is 11.9 Å². The Morgan fingerprint density at radius 2 is 2.05 bits per heavy atom. The molecule has 0 aliphatic heterocycles. The molecule has 0 saturated carbocycles. The number of halogens is 2. The van der Waals surface area contributed by atoms with Gasteiger partial charge in [-0.2, -0.15) is 0 Å². The van der Waals surface area contributed by atoms with Gasteiger partial charge in [0.2, 0.25) is 0 Å². The van der Waals surface area contributed by atoms with Crippen molar-refractivity contribution in [3.05, 3.63) is 64.4 Å². The predicted octanol–water partition coefficient (Wildman–Crippen LogP) is 3.99. The van der Waals surface area contributed by atoms with Crippen LogP contribution >= 0.6 is 11.6 Å². The zero-order chi connectivity index (χ0) is 14.5. The third kappa shape index (κ3) is 3.50. The van der Waals surface area contributed by atoms with Gasteiger partial charge >= 0.3 is 0 Å². The van der Waals surface area contributed by atoms with Crippen LogP contribution in [-0.4, -0.2) is 14.2 Å². The van der Waals surface area contributed by atoms with Crippen molar-refractivity contribution in [3.63, 3.8) is 0 Å². The fourth-order valence-electron chi connectivity index (χ4n) is 2.16. The summed E-state index contributed by atoms with van der Waals surface area (Å²) in [6.07, 6.45) is 0.611. The van der Waals surface area contributed by atoms with Gasteiger partial charge in [-0.25, -0.2) is 4.39 Å². The summed E-state index contributed by atoms with van der Waals surface area (Å²) >= 11 is 6.12. The molecule has 1 atom stereocenters. The largest absolute Gasteiger partial charge is 0.497 e. The summed E-state index contributed by atoms with van der Waals surface area (Å²) in [5.74, 6) is 0.526. The van der Waals surface area contributed by atoms with E-state index in [4.69, 9.17) is 16.3 Å². The first-order chi connectivity index (χ1) is 9.63. The lowest BCUT2D eigenvalue weighted by Crippen LogP contribution is -2.19. The Balaban J connectivity index is 2.26. The Morgan fingerprint density at radius 3 is 2.75 bits per heavy atom. The summed E-state index contributed by atoms with van der Waals surface area (Å²) in [6.45, 7) is 0. The molecule has 1 unspecified atom stereocenters. The molecule has 106 valence electrons. The standard InChI is InChI=1S/C16H17ClFNO/c1-19-16(11-4-3-5-14(9-11)20-2)10-12-8-13(18)6-7-15(12)17/h3-9,16,19H,10H2,1-2H3. The highest BCUT2D eigenvalue weighted by Gasteiger charge is 2.13. The normalized spacial score (nSPS) is 12.2. The lowest BCUT2D eigenvalue weighted by Gasteiger charge is -2.18. The summed E-state index contributed by atoms with van der Waals surface area (Å²) in [6, 6.07) is 12.3. The van der Waals surface area contributed by atoms with Gasteiger partial charge < -0.3 is 10.1 Å². The first kappa shape index (κ1) is 14.8. The Kier molecular flexibility index (Phi) is 4.99. The maximum Gasteiger partial charge on any atom is 0.123 e. The van der Waals surface area contributed by atoms with Gasteiger partial charge in [0.25, 0.3) is 0 Å². The van der Waals surface area contributed by atoms with Crippen LogP contribution < -0.4 is 10.1 Å². The van der Waals surface area contributed by atoms with Gasteiger partial charge in [-0.3, -0.25) is 0 Å². The van der Waals surface area contributed by atoms with Crippen molar-refractivity contribution in [1.29, 1.82) is 0 Å². The van der Waals surface area contributed by atoms with Gasteiger partial charge in [-0.05, 0) is 54.9 Å². The minimum Gasteiger partial charge on any atom is -0.497 e. The van der Waals surface area contributed by atoms with Crippen molar-refractivity contribution in [2.75, 3.05) is 14.2 Å². The van der Waals surface area contributed by atoms with Crippen LogP contribution in [0.2, 0.25) is 5.02 Å². The predicted molar refractivity (Wildman–Crippen MR) is 79.9 cm³/mol. The van der Waals surface area contributed by atoms with Gasteiger partial charge in [0, 0.05) is 11.1 Å². The zero-order valence-electron chi connectivity index (χ0n) is 11.5. The quantitative estimate of drug-likeness (QED) is 0.900. The number of hydrogen-bond donors (Lipinski definition) is 1. The van der Waals surface area contributed by atoms with Crippen molar-refractivity contribution < 1.29 is 9.13 Å². The molecule has 2 aromatic rings. The topological polar surface area (TPSA) is 21.3 Å². The van der Waals surface area contributed by atoms with Crippen molar-refractivity contribution in [2.45, 2.75) is 12.5 Å². The molecule has 0 bridgehead atoms. The van der Waals surface area contributed by atoms with E-state index in [0.717, 1.165) is 16.9 Å². The fraction of sp³-hybridized carbons (Fsp3) is 0.250. The smallest absolute Gasteiger partial charge is 0.123 e. The van der Waals surface area contributed by atoms with Crippen LogP contribution in [0.5, 0.6) is 5.75 Å². The van der Waals surface area contributed by atoms with Crippen molar-refractivity contribution in [2.24, 2.45) is 0 Å². The number of ether oxygens (including phenoxy) is 1. The van der Waals surface area contributed by atoms with Crippen LogP contribution in [0, 0.1) is 5.82 Å². The number of methoxy groups -OCH3 is 1. The average Bonchev–Trinajstić information content (AvgIpc) is 2.48. The molecule has 0 heterocycles. The Hall–Kier alpha value is -1.58. The number of nitrogens with one attached hydrogen (secondary N) is 1. The zero-order valence-corrected chi connectivity index (χ0v) is 12.2. The van der Waals surface area contributed by atoms with Gasteiger partial charge in [0.05, 0.1) is 7.11 Å². The van der Waals surface area contributed by atoms with Gasteiger partial charge in [-0.1, -0.05) is 23.7 Å². The Bertz CT molecular complexity index is 588. The Morgan fingerprint density at radius 1 is 1.25 bits per heavy atom. The van der Waals surface area contributed by atoms with Gasteiger partial charge in [-0.15, -0.1) is 0 Å². The van der Waals surface area contributed by atoms with E-state index in [1.54, 1.807) is 13.2 Å². The van der Waals surface area contributed by atoms with Gasteiger partial charge in [0.1, 0.15) is 11.6 Å². The molecule has 0 spiro atoms. The third-order valence-corrected chi connectivity index (χ3v) is 3.65. The maximum absolute atomic E-state index is 13.3. The van der Waals surface area contributed by atoms with Crippen LogP contribution in [0.1, 0.15) is 17.2 Å². The molecule has 0 fully saturated rings. The molecule has 0 aliphatic carbocycles. The minimum atomic E-state index is -0.273. The monoisotopic (exact) mass is 293 g/mol. The number of hydrogen-bond acceptors (Lipinski definition) is 2. The molecule has 2 nitrogen and oxygen atoms in total. The first-order valence-corrected chi connectivity index (χ1v) is 6.77. The van der Waals surface area contributed by atoms with Crippen LogP contribution in [0.3, 0.4) is 0 Å². The highest BCUT2D eigenvalue weighted by molar-refractivity contribution is 6.31. The minimum absolute atomic E-state index is 0.0457. The lowest BCUT2D eigenvalue weighted by molar-refractivity contribution is 0.413.